The molecule has 0 spiro atoms. The van der Waals surface area contributed by atoms with Crippen molar-refractivity contribution in [2.24, 2.45) is 0 Å². The van der Waals surface area contributed by atoms with Crippen LogP contribution in [0.2, 0.25) is 0 Å². The molecule has 11 heteroatoms. The zero-order valence-electron chi connectivity index (χ0n) is 20.3. The highest BCUT2D eigenvalue weighted by molar-refractivity contribution is 7.91. The summed E-state index contributed by atoms with van der Waals surface area (Å²) < 4.78 is 28.8. The van der Waals surface area contributed by atoms with Crippen LogP contribution in [-0.2, 0) is 27.5 Å². The maximum Gasteiger partial charge on any atom is 0.237 e. The molecule has 0 bridgehead atoms. The number of sulfone groups is 1. The third-order valence-electron chi connectivity index (χ3n) is 6.77. The standard InChI is InChI=1S/C24H29N7O3S/c1-15-19(13-27-22-21(15)25-8-10-34-22)31-9-7-16-11-28-23(30-18(16)14-31)29-17-5-6-20(26-12-17)24(2,3)35(4,32)33/h5-6,11-13,25H,7-10,14H2,1-4H3,(H,28,29,30). The third kappa shape index (κ3) is 4.36. The molecule has 5 rings (SSSR count). The average Bonchev–Trinajstić information content (AvgIpc) is 2.84. The Balaban J connectivity index is 1.34. The smallest absolute Gasteiger partial charge is 0.237 e. The molecule has 184 valence electrons. The van der Waals surface area contributed by atoms with E-state index in [2.05, 4.69) is 37.4 Å². The molecular weight excluding hydrogens is 466 g/mol. The van der Waals surface area contributed by atoms with E-state index in [0.29, 0.717) is 36.4 Å². The van der Waals surface area contributed by atoms with Gasteiger partial charge in [0.25, 0.3) is 0 Å². The number of anilines is 4. The molecule has 0 fully saturated rings. The molecule has 3 aromatic rings. The van der Waals surface area contributed by atoms with Gasteiger partial charge in [-0.2, -0.15) is 0 Å². The number of aromatic nitrogens is 4. The SMILES string of the molecule is Cc1c(N2CCc3cnc(Nc4ccc(C(C)(C)S(C)(=O)=O)nc4)nc3C2)cnc2c1NCCO2. The normalized spacial score (nSPS) is 15.5. The van der Waals surface area contributed by atoms with E-state index in [1.165, 1.54) is 6.26 Å². The fourth-order valence-electron chi connectivity index (χ4n) is 4.24. The summed E-state index contributed by atoms with van der Waals surface area (Å²) in [5.74, 6) is 1.13. The molecule has 0 radical (unpaired) electrons. The maximum absolute atomic E-state index is 12.1. The molecule has 3 aromatic heterocycles. The Kier molecular flexibility index (Phi) is 5.74. The molecule has 0 saturated carbocycles. The lowest BCUT2D eigenvalue weighted by molar-refractivity contribution is 0.310. The zero-order valence-corrected chi connectivity index (χ0v) is 21.1. The second-order valence-corrected chi connectivity index (χ2v) is 12.0. The number of pyridine rings is 2. The Morgan fingerprint density at radius 3 is 2.71 bits per heavy atom. The van der Waals surface area contributed by atoms with Crippen LogP contribution in [0.1, 0.15) is 36.4 Å². The van der Waals surface area contributed by atoms with Gasteiger partial charge in [-0.3, -0.25) is 4.98 Å². The van der Waals surface area contributed by atoms with Gasteiger partial charge in [0.1, 0.15) is 17.0 Å². The lowest BCUT2D eigenvalue weighted by Crippen LogP contribution is -2.32. The van der Waals surface area contributed by atoms with E-state index >= 15 is 0 Å². The van der Waals surface area contributed by atoms with Crippen LogP contribution in [0.3, 0.4) is 0 Å². The number of nitrogens with zero attached hydrogens (tertiary/aromatic N) is 5. The number of hydrogen-bond acceptors (Lipinski definition) is 10. The van der Waals surface area contributed by atoms with Crippen molar-refractivity contribution in [2.45, 2.75) is 38.5 Å². The van der Waals surface area contributed by atoms with Crippen LogP contribution in [0.25, 0.3) is 0 Å². The predicted molar refractivity (Wildman–Crippen MR) is 135 cm³/mol. The monoisotopic (exact) mass is 495 g/mol. The van der Waals surface area contributed by atoms with Gasteiger partial charge in [0.05, 0.1) is 41.7 Å². The number of rotatable bonds is 5. The van der Waals surface area contributed by atoms with E-state index in [-0.39, 0.29) is 0 Å². The van der Waals surface area contributed by atoms with Gasteiger partial charge >= 0.3 is 0 Å². The Morgan fingerprint density at radius 1 is 1.14 bits per heavy atom. The molecule has 0 unspecified atom stereocenters. The van der Waals surface area contributed by atoms with Gasteiger partial charge in [-0.25, -0.2) is 23.4 Å². The first-order valence-electron chi connectivity index (χ1n) is 11.5. The lowest BCUT2D eigenvalue weighted by Gasteiger charge is -2.32. The summed E-state index contributed by atoms with van der Waals surface area (Å²) >= 11 is 0. The van der Waals surface area contributed by atoms with Crippen LogP contribution in [-0.4, -0.2) is 54.3 Å². The number of fused-ring (bicyclic) bond motifs is 2. The first kappa shape index (κ1) is 23.3. The number of ether oxygens (including phenoxy) is 1. The molecule has 2 N–H and O–H groups in total. The summed E-state index contributed by atoms with van der Waals surface area (Å²) in [7, 11) is -3.30. The van der Waals surface area contributed by atoms with E-state index in [0.717, 1.165) is 47.7 Å². The minimum atomic E-state index is -3.30. The van der Waals surface area contributed by atoms with E-state index in [1.54, 1.807) is 32.2 Å². The molecule has 5 heterocycles. The predicted octanol–water partition coefficient (Wildman–Crippen LogP) is 2.97. The molecular formula is C24H29N7O3S. The summed E-state index contributed by atoms with van der Waals surface area (Å²) in [5, 5.41) is 6.58. The quantitative estimate of drug-likeness (QED) is 0.546. The van der Waals surface area contributed by atoms with Gasteiger partial charge in [0, 0.05) is 31.1 Å². The second-order valence-electron chi connectivity index (χ2n) is 9.40. The van der Waals surface area contributed by atoms with E-state index in [1.807, 2.05) is 12.4 Å². The average molecular weight is 496 g/mol. The first-order valence-corrected chi connectivity index (χ1v) is 13.4. The van der Waals surface area contributed by atoms with Crippen molar-refractivity contribution in [1.82, 2.24) is 19.9 Å². The van der Waals surface area contributed by atoms with E-state index < -0.39 is 14.6 Å². The van der Waals surface area contributed by atoms with Crippen molar-refractivity contribution in [3.63, 3.8) is 0 Å². The zero-order chi connectivity index (χ0) is 24.8. The Morgan fingerprint density at radius 2 is 1.97 bits per heavy atom. The highest BCUT2D eigenvalue weighted by atomic mass is 32.2. The van der Waals surface area contributed by atoms with Crippen molar-refractivity contribution in [3.05, 3.63) is 53.2 Å². The summed E-state index contributed by atoms with van der Waals surface area (Å²) in [6.07, 6.45) is 7.40. The molecule has 2 aliphatic heterocycles. The van der Waals surface area contributed by atoms with Crippen LogP contribution in [0.4, 0.5) is 23.0 Å². The third-order valence-corrected chi connectivity index (χ3v) is 8.83. The van der Waals surface area contributed by atoms with Crippen LogP contribution >= 0.6 is 0 Å². The molecule has 0 atom stereocenters. The van der Waals surface area contributed by atoms with Crippen molar-refractivity contribution in [3.8, 4) is 5.88 Å². The number of hydrogen-bond donors (Lipinski definition) is 2. The lowest BCUT2D eigenvalue weighted by atomic mass is 10.0. The summed E-state index contributed by atoms with van der Waals surface area (Å²) in [6, 6.07) is 3.51. The number of nitrogens with one attached hydrogen (secondary N) is 2. The minimum Gasteiger partial charge on any atom is -0.474 e. The molecule has 0 aliphatic carbocycles. The van der Waals surface area contributed by atoms with Gasteiger partial charge in [-0.05, 0) is 44.9 Å². The highest BCUT2D eigenvalue weighted by Crippen LogP contribution is 2.36. The fraction of sp³-hybridized carbons (Fsp3) is 0.417. The summed E-state index contributed by atoms with van der Waals surface area (Å²) in [5.41, 5.74) is 6.40. The van der Waals surface area contributed by atoms with Crippen molar-refractivity contribution in [1.29, 1.82) is 0 Å². The van der Waals surface area contributed by atoms with Crippen LogP contribution < -0.4 is 20.3 Å². The Bertz CT molecular complexity index is 1370. The minimum absolute atomic E-state index is 0.470. The molecule has 0 saturated heterocycles. The highest BCUT2D eigenvalue weighted by Gasteiger charge is 2.33. The Hall–Kier alpha value is -3.47. The van der Waals surface area contributed by atoms with Gasteiger partial charge in [0.2, 0.25) is 11.8 Å². The molecule has 0 amide bonds. The van der Waals surface area contributed by atoms with E-state index in [9.17, 15) is 8.42 Å². The molecule has 0 aromatic carbocycles. The summed E-state index contributed by atoms with van der Waals surface area (Å²) in [4.78, 5) is 20.4. The van der Waals surface area contributed by atoms with Crippen LogP contribution in [0, 0.1) is 6.92 Å². The van der Waals surface area contributed by atoms with Crippen LogP contribution in [0.15, 0.2) is 30.7 Å². The first-order chi connectivity index (χ1) is 16.6. The van der Waals surface area contributed by atoms with Crippen molar-refractivity contribution >= 4 is 32.8 Å². The van der Waals surface area contributed by atoms with E-state index in [4.69, 9.17) is 9.72 Å². The van der Waals surface area contributed by atoms with Crippen molar-refractivity contribution < 1.29 is 13.2 Å². The van der Waals surface area contributed by atoms with Gasteiger partial charge in [-0.15, -0.1) is 0 Å². The molecule has 35 heavy (non-hydrogen) atoms. The molecule has 10 nitrogen and oxygen atoms in total. The summed E-state index contributed by atoms with van der Waals surface area (Å²) in [6.45, 7) is 8.28. The van der Waals surface area contributed by atoms with Crippen LogP contribution in [0.5, 0.6) is 5.88 Å². The largest absolute Gasteiger partial charge is 0.474 e. The second kappa shape index (κ2) is 8.63. The maximum atomic E-state index is 12.1. The van der Waals surface area contributed by atoms with Gasteiger partial charge in [-0.1, -0.05) is 0 Å². The van der Waals surface area contributed by atoms with Crippen molar-refractivity contribution in [2.75, 3.05) is 41.5 Å². The van der Waals surface area contributed by atoms with Gasteiger partial charge in [0.15, 0.2) is 9.84 Å². The van der Waals surface area contributed by atoms with Gasteiger partial charge < -0.3 is 20.3 Å². The fourth-order valence-corrected chi connectivity index (χ4v) is 4.74. The topological polar surface area (TPSA) is 122 Å². The molecule has 2 aliphatic rings. The Labute approximate surface area is 205 Å².